The maximum Gasteiger partial charge on any atom is 0.508 e. The van der Waals surface area contributed by atoms with Gasteiger partial charge in [-0.1, -0.05) is 6.92 Å². The normalized spacial score (nSPS) is 16.5. The second kappa shape index (κ2) is 3.44. The van der Waals surface area contributed by atoms with E-state index < -0.39 is 6.16 Å². The minimum absolute atomic E-state index is 0.157. The number of carbonyl (C=O) groups is 1. The summed E-state index contributed by atoms with van der Waals surface area (Å²) in [7, 11) is 0. The van der Waals surface area contributed by atoms with Crippen LogP contribution in [-0.4, -0.2) is 18.9 Å². The molecule has 0 radical (unpaired) electrons. The lowest BCUT2D eigenvalue weighted by Crippen LogP contribution is -2.08. The lowest BCUT2D eigenvalue weighted by molar-refractivity contribution is 0.0499. The average molecular weight is 144 g/mol. The van der Waals surface area contributed by atoms with E-state index in [2.05, 4.69) is 4.74 Å². The van der Waals surface area contributed by atoms with Crippen LogP contribution in [0.25, 0.3) is 0 Å². The Labute approximate surface area is 60.3 Å². The van der Waals surface area contributed by atoms with Gasteiger partial charge in [-0.3, -0.25) is 0 Å². The Morgan fingerprint density at radius 2 is 2.30 bits per heavy atom. The third-order valence-corrected chi connectivity index (χ3v) is 1.21. The van der Waals surface area contributed by atoms with Crippen LogP contribution in [0.2, 0.25) is 0 Å². The summed E-state index contributed by atoms with van der Waals surface area (Å²) in [5, 5.41) is 0. The predicted molar refractivity (Wildman–Crippen MR) is 35.7 cm³/mol. The second-order valence-electron chi connectivity index (χ2n) is 2.42. The van der Waals surface area contributed by atoms with E-state index in [-0.39, 0.29) is 6.10 Å². The molecule has 3 heteroatoms. The maximum atomic E-state index is 10.6. The van der Waals surface area contributed by atoms with Gasteiger partial charge in [-0.15, -0.1) is 0 Å². The Hall–Kier alpha value is -0.730. The van der Waals surface area contributed by atoms with Crippen LogP contribution in [0.1, 0.15) is 26.2 Å². The quantitative estimate of drug-likeness (QED) is 0.565. The number of hydrogen-bond acceptors (Lipinski definition) is 3. The third-order valence-electron chi connectivity index (χ3n) is 1.21. The van der Waals surface area contributed by atoms with E-state index in [1.807, 2.05) is 6.92 Å². The van der Waals surface area contributed by atoms with Crippen LogP contribution < -0.4 is 0 Å². The summed E-state index contributed by atoms with van der Waals surface area (Å²) in [6, 6.07) is 0. The Kier molecular flexibility index (Phi) is 2.54. The molecule has 10 heavy (non-hydrogen) atoms. The van der Waals surface area contributed by atoms with E-state index in [0.29, 0.717) is 6.61 Å². The molecule has 1 aliphatic carbocycles. The fraction of sp³-hybridized carbons (Fsp3) is 0.857. The lowest BCUT2D eigenvalue weighted by Gasteiger charge is -2.01. The molecule has 58 valence electrons. The van der Waals surface area contributed by atoms with Crippen molar-refractivity contribution in [1.29, 1.82) is 0 Å². The Balaban J connectivity index is 1.97. The fourth-order valence-electron chi connectivity index (χ4n) is 0.541. The van der Waals surface area contributed by atoms with E-state index in [9.17, 15) is 4.79 Å². The van der Waals surface area contributed by atoms with Crippen molar-refractivity contribution in [3.63, 3.8) is 0 Å². The van der Waals surface area contributed by atoms with Gasteiger partial charge in [0.25, 0.3) is 0 Å². The molecule has 0 unspecified atom stereocenters. The van der Waals surface area contributed by atoms with Crippen molar-refractivity contribution in [2.45, 2.75) is 32.3 Å². The second-order valence-corrected chi connectivity index (χ2v) is 2.42. The van der Waals surface area contributed by atoms with Crippen molar-refractivity contribution in [1.82, 2.24) is 0 Å². The number of carbonyl (C=O) groups excluding carboxylic acids is 1. The van der Waals surface area contributed by atoms with Gasteiger partial charge in [0.1, 0.15) is 6.10 Å². The molecule has 1 fully saturated rings. The van der Waals surface area contributed by atoms with Gasteiger partial charge >= 0.3 is 6.16 Å². The molecule has 0 heterocycles. The highest BCUT2D eigenvalue weighted by Crippen LogP contribution is 2.23. The highest BCUT2D eigenvalue weighted by atomic mass is 16.7. The zero-order chi connectivity index (χ0) is 7.40. The zero-order valence-electron chi connectivity index (χ0n) is 6.13. The van der Waals surface area contributed by atoms with E-state index in [0.717, 1.165) is 19.3 Å². The van der Waals surface area contributed by atoms with Gasteiger partial charge in [-0.25, -0.2) is 4.79 Å². The zero-order valence-corrected chi connectivity index (χ0v) is 6.13. The highest BCUT2D eigenvalue weighted by Gasteiger charge is 2.26. The van der Waals surface area contributed by atoms with Crippen LogP contribution in [0.5, 0.6) is 0 Å². The lowest BCUT2D eigenvalue weighted by atomic mass is 10.5. The molecule has 0 saturated heterocycles. The van der Waals surface area contributed by atoms with Gasteiger partial charge in [0.2, 0.25) is 0 Å². The van der Waals surface area contributed by atoms with Gasteiger partial charge in [0, 0.05) is 0 Å². The third kappa shape index (κ3) is 2.71. The van der Waals surface area contributed by atoms with Crippen LogP contribution in [0.15, 0.2) is 0 Å². The Morgan fingerprint density at radius 3 is 2.80 bits per heavy atom. The summed E-state index contributed by atoms with van der Waals surface area (Å²) < 4.78 is 9.48. The van der Waals surface area contributed by atoms with Crippen LogP contribution in [-0.2, 0) is 9.47 Å². The maximum absolute atomic E-state index is 10.6. The first-order chi connectivity index (χ1) is 4.83. The van der Waals surface area contributed by atoms with Crippen molar-refractivity contribution < 1.29 is 14.3 Å². The minimum atomic E-state index is -0.510. The molecule has 0 amide bonds. The molecule has 0 aliphatic heterocycles. The predicted octanol–water partition coefficient (Wildman–Crippen LogP) is 1.71. The highest BCUT2D eigenvalue weighted by molar-refractivity contribution is 5.60. The minimum Gasteiger partial charge on any atom is -0.434 e. The average Bonchev–Trinajstić information content (AvgIpc) is 2.67. The monoisotopic (exact) mass is 144 g/mol. The van der Waals surface area contributed by atoms with E-state index in [1.165, 1.54) is 0 Å². The first-order valence-corrected chi connectivity index (χ1v) is 3.66. The Bertz CT molecular complexity index is 118. The van der Waals surface area contributed by atoms with Crippen LogP contribution in [0.4, 0.5) is 4.79 Å². The first-order valence-electron chi connectivity index (χ1n) is 3.66. The SMILES string of the molecule is CCCOC(=O)OC1CC1. The smallest absolute Gasteiger partial charge is 0.434 e. The summed E-state index contributed by atoms with van der Waals surface area (Å²) in [4.78, 5) is 10.6. The molecule has 1 rings (SSSR count). The molecule has 0 aromatic rings. The number of hydrogen-bond donors (Lipinski definition) is 0. The summed E-state index contributed by atoms with van der Waals surface area (Å²) >= 11 is 0. The van der Waals surface area contributed by atoms with E-state index in [4.69, 9.17) is 4.74 Å². The molecule has 0 aromatic heterocycles. The van der Waals surface area contributed by atoms with Gasteiger partial charge in [-0.05, 0) is 19.3 Å². The molecule has 1 saturated carbocycles. The van der Waals surface area contributed by atoms with Gasteiger partial charge in [0.05, 0.1) is 6.61 Å². The first kappa shape index (κ1) is 7.38. The molecule has 0 bridgehead atoms. The van der Waals surface area contributed by atoms with Crippen molar-refractivity contribution in [3.8, 4) is 0 Å². The molecule has 0 N–H and O–H groups in total. The van der Waals surface area contributed by atoms with Crippen LogP contribution >= 0.6 is 0 Å². The Morgan fingerprint density at radius 1 is 1.60 bits per heavy atom. The number of rotatable bonds is 3. The topological polar surface area (TPSA) is 35.5 Å². The molecular formula is C7H12O3. The summed E-state index contributed by atoms with van der Waals surface area (Å²) in [5.41, 5.74) is 0. The van der Waals surface area contributed by atoms with Crippen LogP contribution in [0, 0.1) is 0 Å². The summed E-state index contributed by atoms with van der Waals surface area (Å²) in [6.07, 6.45) is 2.50. The molecular weight excluding hydrogens is 132 g/mol. The van der Waals surface area contributed by atoms with E-state index in [1.54, 1.807) is 0 Å². The van der Waals surface area contributed by atoms with Crippen molar-refractivity contribution in [3.05, 3.63) is 0 Å². The standard InChI is InChI=1S/C7H12O3/c1-2-5-9-7(8)10-6-3-4-6/h6H,2-5H2,1H3. The van der Waals surface area contributed by atoms with Gasteiger partial charge < -0.3 is 9.47 Å². The molecule has 3 nitrogen and oxygen atoms in total. The molecule has 0 atom stereocenters. The summed E-state index contributed by atoms with van der Waals surface area (Å²) in [6.45, 7) is 2.41. The van der Waals surface area contributed by atoms with E-state index >= 15 is 0 Å². The molecule has 1 aliphatic rings. The van der Waals surface area contributed by atoms with Crippen molar-refractivity contribution >= 4 is 6.16 Å². The van der Waals surface area contributed by atoms with Crippen LogP contribution in [0.3, 0.4) is 0 Å². The summed E-state index contributed by atoms with van der Waals surface area (Å²) in [5.74, 6) is 0. The largest absolute Gasteiger partial charge is 0.508 e. The molecule has 0 aromatic carbocycles. The van der Waals surface area contributed by atoms with Gasteiger partial charge in [-0.2, -0.15) is 0 Å². The van der Waals surface area contributed by atoms with Gasteiger partial charge in [0.15, 0.2) is 0 Å². The molecule has 0 spiro atoms. The van der Waals surface area contributed by atoms with Crippen molar-refractivity contribution in [2.24, 2.45) is 0 Å². The fourth-order valence-corrected chi connectivity index (χ4v) is 0.541. The van der Waals surface area contributed by atoms with Crippen molar-refractivity contribution in [2.75, 3.05) is 6.61 Å². The number of ether oxygens (including phenoxy) is 2.